The molecule has 1 aromatic heterocycles. The molecule has 0 unspecified atom stereocenters. The van der Waals surface area contributed by atoms with Gasteiger partial charge in [-0.25, -0.2) is 0 Å². The molecule has 3 N–H and O–H groups in total. The molecule has 0 bridgehead atoms. The van der Waals surface area contributed by atoms with Crippen molar-refractivity contribution in [1.82, 2.24) is 10.3 Å². The number of nitrogens with one attached hydrogen (secondary N) is 3. The number of anilines is 1. The van der Waals surface area contributed by atoms with E-state index >= 15 is 0 Å². The van der Waals surface area contributed by atoms with Crippen LogP contribution in [0, 0.1) is 12.3 Å². The van der Waals surface area contributed by atoms with E-state index in [1.807, 2.05) is 6.07 Å². The van der Waals surface area contributed by atoms with Gasteiger partial charge in [-0.3, -0.25) is 14.4 Å². The molecule has 26 heavy (non-hydrogen) atoms. The van der Waals surface area contributed by atoms with E-state index in [-0.39, 0.29) is 17.7 Å². The van der Waals surface area contributed by atoms with Crippen molar-refractivity contribution in [3.63, 3.8) is 0 Å². The highest BCUT2D eigenvalue weighted by Gasteiger charge is 2.16. The first kappa shape index (κ1) is 17.0. The van der Waals surface area contributed by atoms with Gasteiger partial charge in [0.1, 0.15) is 5.56 Å². The minimum atomic E-state index is -0.603. The van der Waals surface area contributed by atoms with Gasteiger partial charge in [-0.15, -0.1) is 6.42 Å². The summed E-state index contributed by atoms with van der Waals surface area (Å²) in [5, 5.41) is 5.90. The van der Waals surface area contributed by atoms with Gasteiger partial charge < -0.3 is 15.6 Å². The Morgan fingerprint density at radius 3 is 2.54 bits per heavy atom. The van der Waals surface area contributed by atoms with Gasteiger partial charge in [-0.05, 0) is 29.7 Å². The molecule has 0 saturated heterocycles. The molecule has 0 aliphatic rings. The Hall–Kier alpha value is -3.85. The van der Waals surface area contributed by atoms with Gasteiger partial charge in [0.15, 0.2) is 0 Å². The van der Waals surface area contributed by atoms with Crippen LogP contribution in [-0.2, 0) is 0 Å². The Morgan fingerprint density at radius 2 is 1.73 bits per heavy atom. The predicted molar refractivity (Wildman–Crippen MR) is 100 cm³/mol. The number of H-pyrrole nitrogens is 1. The Balaban J connectivity index is 1.92. The zero-order valence-electron chi connectivity index (χ0n) is 13.7. The molecule has 0 radical (unpaired) electrons. The molecule has 0 saturated carbocycles. The number of hydrogen-bond donors (Lipinski definition) is 3. The Labute approximate surface area is 149 Å². The molecule has 6 nitrogen and oxygen atoms in total. The van der Waals surface area contributed by atoms with Crippen LogP contribution in [-0.4, -0.2) is 23.3 Å². The van der Waals surface area contributed by atoms with E-state index in [0.717, 1.165) is 5.39 Å². The van der Waals surface area contributed by atoms with E-state index in [1.54, 1.807) is 42.5 Å². The second-order valence-corrected chi connectivity index (χ2v) is 5.49. The van der Waals surface area contributed by atoms with Gasteiger partial charge in [-0.1, -0.05) is 36.3 Å². The zero-order valence-corrected chi connectivity index (χ0v) is 13.7. The first-order valence-electron chi connectivity index (χ1n) is 7.84. The van der Waals surface area contributed by atoms with Gasteiger partial charge >= 0.3 is 0 Å². The fourth-order valence-corrected chi connectivity index (χ4v) is 2.52. The standard InChI is InChI=1S/C20H15N3O3/c1-2-11-21-18(24)14-8-4-6-10-17(14)23-20(26)15-12-13-7-3-5-9-16(13)22-19(15)25/h1,3-10,12H,11H2,(H,21,24)(H,22,25)(H,23,26). The average molecular weight is 345 g/mol. The smallest absolute Gasteiger partial charge is 0.261 e. The van der Waals surface area contributed by atoms with Crippen LogP contribution < -0.4 is 16.2 Å². The van der Waals surface area contributed by atoms with Crippen molar-refractivity contribution >= 4 is 28.4 Å². The molecule has 128 valence electrons. The first-order valence-corrected chi connectivity index (χ1v) is 7.84. The molecular formula is C20H15N3O3. The van der Waals surface area contributed by atoms with Crippen LogP contribution >= 0.6 is 0 Å². The van der Waals surface area contributed by atoms with E-state index in [2.05, 4.69) is 21.5 Å². The molecule has 6 heteroatoms. The van der Waals surface area contributed by atoms with E-state index in [1.165, 1.54) is 6.07 Å². The number of aromatic nitrogens is 1. The van der Waals surface area contributed by atoms with E-state index in [9.17, 15) is 14.4 Å². The van der Waals surface area contributed by atoms with Gasteiger partial charge in [0.2, 0.25) is 0 Å². The molecular weight excluding hydrogens is 330 g/mol. The number of fused-ring (bicyclic) bond motifs is 1. The molecule has 0 fully saturated rings. The van der Waals surface area contributed by atoms with Crippen LogP contribution in [0.3, 0.4) is 0 Å². The quantitative estimate of drug-likeness (QED) is 0.633. The fourth-order valence-electron chi connectivity index (χ4n) is 2.52. The van der Waals surface area contributed by atoms with E-state index in [4.69, 9.17) is 6.42 Å². The molecule has 0 aliphatic heterocycles. The van der Waals surface area contributed by atoms with Gasteiger partial charge in [0, 0.05) is 5.52 Å². The summed E-state index contributed by atoms with van der Waals surface area (Å²) in [6.07, 6.45) is 5.14. The first-order chi connectivity index (χ1) is 12.6. The topological polar surface area (TPSA) is 91.1 Å². The molecule has 0 aliphatic carbocycles. The molecule has 2 aromatic carbocycles. The normalized spacial score (nSPS) is 10.1. The summed E-state index contributed by atoms with van der Waals surface area (Å²) < 4.78 is 0. The van der Waals surface area contributed by atoms with Crippen molar-refractivity contribution in [3.8, 4) is 12.3 Å². The molecule has 2 amide bonds. The maximum atomic E-state index is 12.6. The van der Waals surface area contributed by atoms with Crippen molar-refractivity contribution in [2.24, 2.45) is 0 Å². The maximum Gasteiger partial charge on any atom is 0.261 e. The van der Waals surface area contributed by atoms with Crippen molar-refractivity contribution < 1.29 is 9.59 Å². The van der Waals surface area contributed by atoms with Gasteiger partial charge in [0.05, 0.1) is 17.8 Å². The number of terminal acetylenes is 1. The molecule has 3 aromatic rings. The highest BCUT2D eigenvalue weighted by Crippen LogP contribution is 2.17. The fraction of sp³-hybridized carbons (Fsp3) is 0.0500. The number of carbonyl (C=O) groups is 2. The zero-order chi connectivity index (χ0) is 18.5. The lowest BCUT2D eigenvalue weighted by Gasteiger charge is -2.10. The maximum absolute atomic E-state index is 12.6. The number of hydrogen-bond acceptors (Lipinski definition) is 3. The predicted octanol–water partition coefficient (Wildman–Crippen LogP) is 2.14. The van der Waals surface area contributed by atoms with Crippen LogP contribution in [0.5, 0.6) is 0 Å². The third-order valence-corrected chi connectivity index (χ3v) is 3.77. The summed E-state index contributed by atoms with van der Waals surface area (Å²) in [5.74, 6) is 1.30. The lowest BCUT2D eigenvalue weighted by Crippen LogP contribution is -2.27. The monoisotopic (exact) mass is 345 g/mol. The average Bonchev–Trinajstić information content (AvgIpc) is 2.65. The number of rotatable bonds is 4. The lowest BCUT2D eigenvalue weighted by molar-refractivity contribution is 0.0959. The molecule has 1 heterocycles. The van der Waals surface area contributed by atoms with Gasteiger partial charge in [0.25, 0.3) is 17.4 Å². The molecule has 0 atom stereocenters. The number of aromatic amines is 1. The van der Waals surface area contributed by atoms with Crippen LogP contribution in [0.15, 0.2) is 59.4 Å². The van der Waals surface area contributed by atoms with Crippen molar-refractivity contribution in [1.29, 1.82) is 0 Å². The number of amides is 2. The SMILES string of the molecule is C#CCNC(=O)c1ccccc1NC(=O)c1cc2ccccc2[nH]c1=O. The van der Waals surface area contributed by atoms with Crippen LogP contribution in [0.2, 0.25) is 0 Å². The van der Waals surface area contributed by atoms with Crippen LogP contribution in [0.1, 0.15) is 20.7 Å². The largest absolute Gasteiger partial charge is 0.341 e. The van der Waals surface area contributed by atoms with Crippen LogP contribution in [0.25, 0.3) is 10.9 Å². The third kappa shape index (κ3) is 3.47. The highest BCUT2D eigenvalue weighted by atomic mass is 16.2. The summed E-state index contributed by atoms with van der Waals surface area (Å²) in [6, 6.07) is 15.2. The van der Waals surface area contributed by atoms with Crippen molar-refractivity contribution in [2.75, 3.05) is 11.9 Å². The number of benzene rings is 2. The minimum absolute atomic E-state index is 0.0393. The second-order valence-electron chi connectivity index (χ2n) is 5.49. The minimum Gasteiger partial charge on any atom is -0.341 e. The number of pyridine rings is 1. The van der Waals surface area contributed by atoms with E-state index in [0.29, 0.717) is 11.2 Å². The van der Waals surface area contributed by atoms with E-state index < -0.39 is 17.4 Å². The Morgan fingerprint density at radius 1 is 1.00 bits per heavy atom. The lowest BCUT2D eigenvalue weighted by atomic mass is 10.1. The molecule has 3 rings (SSSR count). The van der Waals surface area contributed by atoms with Crippen molar-refractivity contribution in [3.05, 3.63) is 76.1 Å². The highest BCUT2D eigenvalue weighted by molar-refractivity contribution is 6.09. The molecule has 0 spiro atoms. The van der Waals surface area contributed by atoms with Crippen molar-refractivity contribution in [2.45, 2.75) is 0 Å². The van der Waals surface area contributed by atoms with Gasteiger partial charge in [-0.2, -0.15) is 0 Å². The third-order valence-electron chi connectivity index (χ3n) is 3.77. The Bertz CT molecular complexity index is 1090. The Kier molecular flexibility index (Phi) is 4.81. The summed E-state index contributed by atoms with van der Waals surface area (Å²) in [4.78, 5) is 39.6. The van der Waals surface area contributed by atoms with Crippen LogP contribution in [0.4, 0.5) is 5.69 Å². The summed E-state index contributed by atoms with van der Waals surface area (Å²) in [6.45, 7) is 0.0749. The summed E-state index contributed by atoms with van der Waals surface area (Å²) in [5.41, 5.74) is 0.647. The summed E-state index contributed by atoms with van der Waals surface area (Å²) >= 11 is 0. The summed E-state index contributed by atoms with van der Waals surface area (Å²) in [7, 11) is 0. The number of para-hydroxylation sites is 2. The number of carbonyl (C=O) groups excluding carboxylic acids is 2. The second kappa shape index (κ2) is 7.36.